The summed E-state index contributed by atoms with van der Waals surface area (Å²) in [7, 11) is 0. The number of amides is 2. The van der Waals surface area contributed by atoms with Crippen LogP contribution in [0.3, 0.4) is 0 Å². The summed E-state index contributed by atoms with van der Waals surface area (Å²) in [6.45, 7) is 3.31. The van der Waals surface area contributed by atoms with Gasteiger partial charge in [0.2, 0.25) is 11.8 Å². The van der Waals surface area contributed by atoms with E-state index in [1.807, 2.05) is 12.1 Å². The Bertz CT molecular complexity index is 513. The van der Waals surface area contributed by atoms with Crippen molar-refractivity contribution >= 4 is 23.4 Å². The van der Waals surface area contributed by atoms with Crippen LogP contribution in [0, 0.1) is 0 Å². The summed E-state index contributed by atoms with van der Waals surface area (Å²) in [4.78, 5) is 23.6. The van der Waals surface area contributed by atoms with Gasteiger partial charge in [0.15, 0.2) is 0 Å². The summed E-state index contributed by atoms with van der Waals surface area (Å²) < 4.78 is 0. The van der Waals surface area contributed by atoms with E-state index in [9.17, 15) is 9.59 Å². The van der Waals surface area contributed by atoms with Crippen LogP contribution in [0.5, 0.6) is 0 Å². The van der Waals surface area contributed by atoms with Crippen molar-refractivity contribution in [3.63, 3.8) is 0 Å². The Balaban J connectivity index is 1.97. The number of hydrogen-bond acceptors (Lipinski definition) is 3. The van der Waals surface area contributed by atoms with Crippen molar-refractivity contribution in [3.05, 3.63) is 34.9 Å². The highest BCUT2D eigenvalue weighted by Gasteiger charge is 2.20. The first-order valence-electron chi connectivity index (χ1n) is 7.57. The molecule has 3 N–H and O–H groups in total. The monoisotopic (exact) mass is 323 g/mol. The molecule has 1 aliphatic rings. The van der Waals surface area contributed by atoms with Crippen molar-refractivity contribution in [1.29, 1.82) is 0 Å². The van der Waals surface area contributed by atoms with Crippen LogP contribution in [0.2, 0.25) is 5.02 Å². The topological polar surface area (TPSA) is 70.2 Å². The predicted molar refractivity (Wildman–Crippen MR) is 86.7 cm³/mol. The number of carbonyl (C=O) groups is 2. The Morgan fingerprint density at radius 1 is 1.27 bits per heavy atom. The maximum Gasteiger partial charge on any atom is 0.222 e. The third-order valence-electron chi connectivity index (χ3n) is 3.74. The standard InChI is InChI=1S/C16H22ClN3O2/c1-11(21)19-15(12-2-4-13(17)5-3-12)10-16(22)20-14-6-8-18-9-7-14/h2-5,14-15,18H,6-10H2,1H3,(H,19,21)(H,20,22). The molecule has 1 aliphatic heterocycles. The summed E-state index contributed by atoms with van der Waals surface area (Å²) in [6.07, 6.45) is 2.11. The maximum absolute atomic E-state index is 12.2. The van der Waals surface area contributed by atoms with Crippen LogP contribution in [0.15, 0.2) is 24.3 Å². The van der Waals surface area contributed by atoms with Crippen molar-refractivity contribution in [3.8, 4) is 0 Å². The van der Waals surface area contributed by atoms with E-state index in [0.717, 1.165) is 31.5 Å². The van der Waals surface area contributed by atoms with Crippen LogP contribution in [-0.4, -0.2) is 30.9 Å². The highest BCUT2D eigenvalue weighted by molar-refractivity contribution is 6.30. The van der Waals surface area contributed by atoms with E-state index in [-0.39, 0.29) is 30.3 Å². The Morgan fingerprint density at radius 3 is 2.50 bits per heavy atom. The Hall–Kier alpha value is -1.59. The predicted octanol–water partition coefficient (Wildman–Crippen LogP) is 1.78. The molecule has 2 amide bonds. The number of carbonyl (C=O) groups excluding carboxylic acids is 2. The van der Waals surface area contributed by atoms with Gasteiger partial charge in [0.1, 0.15) is 0 Å². The minimum absolute atomic E-state index is 0.0411. The zero-order chi connectivity index (χ0) is 15.9. The molecule has 1 heterocycles. The molecule has 5 nitrogen and oxygen atoms in total. The minimum Gasteiger partial charge on any atom is -0.353 e. The molecule has 1 saturated heterocycles. The van der Waals surface area contributed by atoms with Crippen LogP contribution < -0.4 is 16.0 Å². The molecule has 1 aromatic carbocycles. The van der Waals surface area contributed by atoms with Crippen LogP contribution >= 0.6 is 11.6 Å². The third kappa shape index (κ3) is 5.31. The highest BCUT2D eigenvalue weighted by Crippen LogP contribution is 2.19. The smallest absolute Gasteiger partial charge is 0.222 e. The molecule has 120 valence electrons. The lowest BCUT2D eigenvalue weighted by Gasteiger charge is -2.25. The number of nitrogens with one attached hydrogen (secondary N) is 3. The van der Waals surface area contributed by atoms with Crippen LogP contribution in [0.25, 0.3) is 0 Å². The van der Waals surface area contributed by atoms with Gasteiger partial charge in [0.05, 0.1) is 12.5 Å². The molecule has 0 radical (unpaired) electrons. The van der Waals surface area contributed by atoms with Gasteiger partial charge in [-0.2, -0.15) is 0 Å². The number of rotatable bonds is 5. The quantitative estimate of drug-likeness (QED) is 0.773. The second-order valence-corrected chi connectivity index (χ2v) is 6.04. The second kappa shape index (κ2) is 8.15. The first-order valence-corrected chi connectivity index (χ1v) is 7.95. The average molecular weight is 324 g/mol. The highest BCUT2D eigenvalue weighted by atomic mass is 35.5. The summed E-state index contributed by atoms with van der Waals surface area (Å²) in [5.74, 6) is -0.199. The molecule has 0 saturated carbocycles. The molecule has 1 aromatic rings. The summed E-state index contributed by atoms with van der Waals surface area (Å²) in [5.41, 5.74) is 0.875. The van der Waals surface area contributed by atoms with Crippen LogP contribution in [0.1, 0.15) is 37.8 Å². The Kier molecular flexibility index (Phi) is 6.21. The van der Waals surface area contributed by atoms with E-state index >= 15 is 0 Å². The molecule has 1 atom stereocenters. The molecule has 1 unspecified atom stereocenters. The lowest BCUT2D eigenvalue weighted by atomic mass is 10.0. The van der Waals surface area contributed by atoms with Gasteiger partial charge in [-0.05, 0) is 43.6 Å². The molecule has 2 rings (SSSR count). The fourth-order valence-electron chi connectivity index (χ4n) is 2.63. The number of benzene rings is 1. The van der Waals surface area contributed by atoms with Crippen LogP contribution in [0.4, 0.5) is 0 Å². The summed E-state index contributed by atoms with van der Waals surface area (Å²) in [6, 6.07) is 7.07. The molecule has 0 bridgehead atoms. The van der Waals surface area contributed by atoms with Crippen molar-refractivity contribution in [2.45, 2.75) is 38.3 Å². The molecule has 1 fully saturated rings. The number of halogens is 1. The zero-order valence-electron chi connectivity index (χ0n) is 12.7. The third-order valence-corrected chi connectivity index (χ3v) is 4.00. The zero-order valence-corrected chi connectivity index (χ0v) is 13.5. The molecule has 6 heteroatoms. The number of piperidine rings is 1. The van der Waals surface area contributed by atoms with E-state index in [2.05, 4.69) is 16.0 Å². The normalized spacial score (nSPS) is 16.8. The van der Waals surface area contributed by atoms with Gasteiger partial charge in [0.25, 0.3) is 0 Å². The lowest BCUT2D eigenvalue weighted by Crippen LogP contribution is -2.43. The van der Waals surface area contributed by atoms with Crippen molar-refractivity contribution in [1.82, 2.24) is 16.0 Å². The van der Waals surface area contributed by atoms with E-state index in [1.165, 1.54) is 6.92 Å². The molecule has 0 spiro atoms. The Morgan fingerprint density at radius 2 is 1.91 bits per heavy atom. The molecular formula is C16H22ClN3O2. The largest absolute Gasteiger partial charge is 0.353 e. The lowest BCUT2D eigenvalue weighted by molar-refractivity contribution is -0.123. The second-order valence-electron chi connectivity index (χ2n) is 5.60. The van der Waals surface area contributed by atoms with Gasteiger partial charge in [-0.1, -0.05) is 23.7 Å². The maximum atomic E-state index is 12.2. The Labute approximate surface area is 135 Å². The van der Waals surface area contributed by atoms with Gasteiger partial charge >= 0.3 is 0 Å². The van der Waals surface area contributed by atoms with Gasteiger partial charge in [-0.3, -0.25) is 9.59 Å². The molecule has 0 aromatic heterocycles. The fourth-order valence-corrected chi connectivity index (χ4v) is 2.76. The summed E-state index contributed by atoms with van der Waals surface area (Å²) in [5, 5.41) is 9.77. The van der Waals surface area contributed by atoms with E-state index in [0.29, 0.717) is 5.02 Å². The minimum atomic E-state index is -0.337. The summed E-state index contributed by atoms with van der Waals surface area (Å²) >= 11 is 5.88. The molecule has 22 heavy (non-hydrogen) atoms. The van der Waals surface area contributed by atoms with E-state index in [4.69, 9.17) is 11.6 Å². The van der Waals surface area contributed by atoms with Crippen molar-refractivity contribution in [2.75, 3.05) is 13.1 Å². The molecular weight excluding hydrogens is 302 g/mol. The van der Waals surface area contributed by atoms with Crippen molar-refractivity contribution in [2.24, 2.45) is 0 Å². The van der Waals surface area contributed by atoms with Gasteiger partial charge in [0, 0.05) is 18.0 Å². The van der Waals surface area contributed by atoms with Crippen LogP contribution in [-0.2, 0) is 9.59 Å². The average Bonchev–Trinajstić information content (AvgIpc) is 2.48. The van der Waals surface area contributed by atoms with Gasteiger partial charge < -0.3 is 16.0 Å². The van der Waals surface area contributed by atoms with E-state index in [1.54, 1.807) is 12.1 Å². The van der Waals surface area contributed by atoms with Gasteiger partial charge in [-0.25, -0.2) is 0 Å². The first-order chi connectivity index (χ1) is 10.5. The first kappa shape index (κ1) is 16.8. The number of hydrogen-bond donors (Lipinski definition) is 3. The van der Waals surface area contributed by atoms with Gasteiger partial charge in [-0.15, -0.1) is 0 Å². The fraction of sp³-hybridized carbons (Fsp3) is 0.500. The SMILES string of the molecule is CC(=O)NC(CC(=O)NC1CCNCC1)c1ccc(Cl)cc1. The van der Waals surface area contributed by atoms with Crippen molar-refractivity contribution < 1.29 is 9.59 Å². The molecule has 0 aliphatic carbocycles. The van der Waals surface area contributed by atoms with E-state index < -0.39 is 0 Å².